The van der Waals surface area contributed by atoms with Gasteiger partial charge in [0.05, 0.1) is 12.0 Å². The summed E-state index contributed by atoms with van der Waals surface area (Å²) in [4.78, 5) is 39.5. The molecule has 1 aromatic heterocycles. The van der Waals surface area contributed by atoms with Crippen LogP contribution in [0.25, 0.3) is 0 Å². The highest BCUT2D eigenvalue weighted by Gasteiger charge is 2.50. The number of carboxylic acid groups (broad SMARTS) is 1. The van der Waals surface area contributed by atoms with Gasteiger partial charge in [0.1, 0.15) is 18.2 Å². The molecule has 3 atom stereocenters. The Labute approximate surface area is 188 Å². The molecule has 5 rings (SSSR count). The van der Waals surface area contributed by atoms with Crippen LogP contribution in [0.3, 0.4) is 0 Å². The van der Waals surface area contributed by atoms with Crippen molar-refractivity contribution in [3.63, 3.8) is 0 Å². The number of aromatic nitrogens is 2. The first kappa shape index (κ1) is 21.4. The van der Waals surface area contributed by atoms with Gasteiger partial charge in [-0.15, -0.1) is 0 Å². The van der Waals surface area contributed by atoms with E-state index in [0.29, 0.717) is 12.8 Å². The van der Waals surface area contributed by atoms with Crippen molar-refractivity contribution in [2.24, 2.45) is 5.92 Å². The predicted molar refractivity (Wildman–Crippen MR) is 117 cm³/mol. The average molecular weight is 444 g/mol. The molecular weight excluding hydrogens is 410 g/mol. The molecule has 0 aromatic carbocycles. The number of carboxylic acids is 1. The zero-order valence-electron chi connectivity index (χ0n) is 18.5. The molecule has 0 spiro atoms. The van der Waals surface area contributed by atoms with Crippen molar-refractivity contribution in [1.29, 1.82) is 0 Å². The topological polar surface area (TPSA) is 99.1 Å². The SMILES string of the molecule is O=C(O)C1CCN(C2CCCCC3C2OC(=O)N3C2CCN(c3ccncn3)CC2)CC1. The minimum absolute atomic E-state index is 0.105. The summed E-state index contributed by atoms with van der Waals surface area (Å²) < 4.78 is 6.06. The minimum atomic E-state index is -0.685. The Kier molecular flexibility index (Phi) is 6.17. The Morgan fingerprint density at radius 3 is 2.38 bits per heavy atom. The van der Waals surface area contributed by atoms with E-state index in [1.54, 1.807) is 12.5 Å². The lowest BCUT2D eigenvalue weighted by molar-refractivity contribution is -0.143. The molecule has 0 radical (unpaired) electrons. The fourth-order valence-corrected chi connectivity index (χ4v) is 6.19. The van der Waals surface area contributed by atoms with Gasteiger partial charge in [0.15, 0.2) is 0 Å². The standard InChI is InChI=1S/C23H33N5O4/c29-22(30)16-6-11-26(12-7-16)18-3-1-2-4-19-21(18)32-23(31)28(19)17-8-13-27(14-9-17)20-5-10-24-15-25-20/h5,10,15-19,21H,1-4,6-9,11-14H2,(H,29,30). The molecule has 4 fully saturated rings. The van der Waals surface area contributed by atoms with Crippen LogP contribution in [0.2, 0.25) is 0 Å². The second-order valence-corrected chi connectivity index (χ2v) is 9.61. The number of ether oxygens (including phenoxy) is 1. The van der Waals surface area contributed by atoms with Crippen LogP contribution in [0.1, 0.15) is 51.4 Å². The number of rotatable bonds is 4. The lowest BCUT2D eigenvalue weighted by atomic mass is 9.92. The van der Waals surface area contributed by atoms with Crippen LogP contribution in [0.15, 0.2) is 18.6 Å². The summed E-state index contributed by atoms with van der Waals surface area (Å²) in [6, 6.07) is 2.46. The number of carbonyl (C=O) groups is 2. The molecule has 3 unspecified atom stereocenters. The second kappa shape index (κ2) is 9.21. The van der Waals surface area contributed by atoms with Crippen LogP contribution in [0.5, 0.6) is 0 Å². The summed E-state index contributed by atoms with van der Waals surface area (Å²) in [7, 11) is 0. The maximum Gasteiger partial charge on any atom is 0.410 e. The van der Waals surface area contributed by atoms with Crippen LogP contribution in [0, 0.1) is 5.92 Å². The summed E-state index contributed by atoms with van der Waals surface area (Å²) in [5, 5.41) is 9.33. The average Bonchev–Trinajstić information content (AvgIpc) is 3.01. The highest BCUT2D eigenvalue weighted by atomic mass is 16.6. The second-order valence-electron chi connectivity index (χ2n) is 9.61. The molecule has 4 heterocycles. The van der Waals surface area contributed by atoms with E-state index in [2.05, 4.69) is 24.7 Å². The van der Waals surface area contributed by atoms with E-state index in [0.717, 1.165) is 70.5 Å². The molecule has 0 bridgehead atoms. The highest BCUT2D eigenvalue weighted by molar-refractivity contribution is 5.71. The zero-order valence-corrected chi connectivity index (χ0v) is 18.5. The molecule has 9 nitrogen and oxygen atoms in total. The van der Waals surface area contributed by atoms with E-state index in [-0.39, 0.29) is 36.2 Å². The van der Waals surface area contributed by atoms with Gasteiger partial charge in [-0.05, 0) is 57.7 Å². The van der Waals surface area contributed by atoms with Gasteiger partial charge in [-0.3, -0.25) is 14.6 Å². The third-order valence-corrected chi connectivity index (χ3v) is 7.91. The highest BCUT2D eigenvalue weighted by Crippen LogP contribution is 2.38. The van der Waals surface area contributed by atoms with Gasteiger partial charge in [0, 0.05) is 31.4 Å². The Morgan fingerprint density at radius 1 is 1.00 bits per heavy atom. The first-order valence-corrected chi connectivity index (χ1v) is 12.1. The number of hydrogen-bond donors (Lipinski definition) is 1. The van der Waals surface area contributed by atoms with Crippen molar-refractivity contribution in [3.05, 3.63) is 18.6 Å². The van der Waals surface area contributed by atoms with Gasteiger partial charge in [-0.1, -0.05) is 12.8 Å². The molecule has 32 heavy (non-hydrogen) atoms. The summed E-state index contributed by atoms with van der Waals surface area (Å²) in [6.07, 6.45) is 10.5. The number of fused-ring (bicyclic) bond motifs is 1. The van der Waals surface area contributed by atoms with Gasteiger partial charge in [0.25, 0.3) is 0 Å². The number of anilines is 1. The molecule has 1 amide bonds. The van der Waals surface area contributed by atoms with Crippen molar-refractivity contribution in [2.45, 2.75) is 75.6 Å². The van der Waals surface area contributed by atoms with Crippen LogP contribution in [-0.4, -0.2) is 87.3 Å². The molecule has 3 aliphatic heterocycles. The first-order valence-electron chi connectivity index (χ1n) is 12.1. The predicted octanol–water partition coefficient (Wildman–Crippen LogP) is 2.37. The fourth-order valence-electron chi connectivity index (χ4n) is 6.19. The van der Waals surface area contributed by atoms with E-state index >= 15 is 0 Å². The Hall–Kier alpha value is -2.42. The largest absolute Gasteiger partial charge is 0.481 e. The van der Waals surface area contributed by atoms with E-state index in [9.17, 15) is 14.7 Å². The van der Waals surface area contributed by atoms with Crippen LogP contribution >= 0.6 is 0 Å². The third kappa shape index (κ3) is 4.14. The monoisotopic (exact) mass is 443 g/mol. The summed E-state index contributed by atoms with van der Waals surface area (Å²) in [5.74, 6) is 0.0188. The van der Waals surface area contributed by atoms with E-state index < -0.39 is 5.97 Å². The summed E-state index contributed by atoms with van der Waals surface area (Å²) >= 11 is 0. The quantitative estimate of drug-likeness (QED) is 0.757. The molecule has 1 saturated carbocycles. The Bertz CT molecular complexity index is 808. The fraction of sp³-hybridized carbons (Fsp3) is 0.739. The number of piperidine rings is 2. The van der Waals surface area contributed by atoms with Gasteiger partial charge < -0.3 is 14.7 Å². The number of likely N-dealkylation sites (tertiary alicyclic amines) is 1. The lowest BCUT2D eigenvalue weighted by Gasteiger charge is -2.41. The summed E-state index contributed by atoms with van der Waals surface area (Å²) in [6.45, 7) is 3.30. The van der Waals surface area contributed by atoms with Crippen LogP contribution in [0.4, 0.5) is 10.6 Å². The number of amides is 1. The van der Waals surface area contributed by atoms with E-state index in [4.69, 9.17) is 4.74 Å². The molecule has 1 N–H and O–H groups in total. The number of carbonyl (C=O) groups excluding carboxylic acids is 1. The normalized spacial score (nSPS) is 30.6. The maximum atomic E-state index is 13.0. The summed E-state index contributed by atoms with van der Waals surface area (Å²) in [5.41, 5.74) is 0. The molecule has 9 heteroatoms. The smallest absolute Gasteiger partial charge is 0.410 e. The van der Waals surface area contributed by atoms with Crippen LogP contribution < -0.4 is 4.90 Å². The van der Waals surface area contributed by atoms with Crippen molar-refractivity contribution in [1.82, 2.24) is 19.8 Å². The number of nitrogens with zero attached hydrogens (tertiary/aromatic N) is 5. The zero-order chi connectivity index (χ0) is 22.1. The molecular formula is C23H33N5O4. The molecule has 4 aliphatic rings. The third-order valence-electron chi connectivity index (χ3n) is 7.91. The molecule has 174 valence electrons. The van der Waals surface area contributed by atoms with Gasteiger partial charge in [0.2, 0.25) is 0 Å². The van der Waals surface area contributed by atoms with E-state index in [1.165, 1.54) is 0 Å². The van der Waals surface area contributed by atoms with Crippen molar-refractivity contribution in [2.75, 3.05) is 31.1 Å². The molecule has 1 aromatic rings. The van der Waals surface area contributed by atoms with Crippen molar-refractivity contribution >= 4 is 17.9 Å². The first-order chi connectivity index (χ1) is 15.6. The Morgan fingerprint density at radius 2 is 1.72 bits per heavy atom. The van der Waals surface area contributed by atoms with Gasteiger partial charge in [-0.2, -0.15) is 0 Å². The number of aliphatic carboxylic acids is 1. The minimum Gasteiger partial charge on any atom is -0.481 e. The van der Waals surface area contributed by atoms with Gasteiger partial charge in [-0.25, -0.2) is 14.8 Å². The molecule has 3 saturated heterocycles. The molecule has 1 aliphatic carbocycles. The van der Waals surface area contributed by atoms with Crippen molar-refractivity contribution < 1.29 is 19.4 Å². The lowest BCUT2D eigenvalue weighted by Crippen LogP contribution is -2.54. The Balaban J connectivity index is 1.25. The number of hydrogen-bond acceptors (Lipinski definition) is 7. The van der Waals surface area contributed by atoms with E-state index in [1.807, 2.05) is 6.07 Å². The van der Waals surface area contributed by atoms with Gasteiger partial charge >= 0.3 is 12.1 Å². The maximum absolute atomic E-state index is 13.0. The van der Waals surface area contributed by atoms with Crippen molar-refractivity contribution in [3.8, 4) is 0 Å². The van der Waals surface area contributed by atoms with Crippen LogP contribution in [-0.2, 0) is 9.53 Å².